The van der Waals surface area contributed by atoms with Crippen LogP contribution in [0.2, 0.25) is 0 Å². The third kappa shape index (κ3) is 1.79. The van der Waals surface area contributed by atoms with Gasteiger partial charge in [-0.3, -0.25) is 5.10 Å². The molecule has 2 N–H and O–H groups in total. The van der Waals surface area contributed by atoms with Crippen molar-refractivity contribution in [2.24, 2.45) is 0 Å². The summed E-state index contributed by atoms with van der Waals surface area (Å²) in [6.07, 6.45) is 0. The summed E-state index contributed by atoms with van der Waals surface area (Å²) in [5.74, 6) is 0.882. The molecule has 0 aliphatic rings. The van der Waals surface area contributed by atoms with E-state index in [2.05, 4.69) is 15.4 Å². The lowest BCUT2D eigenvalue weighted by Crippen LogP contribution is -1.89. The number of ether oxygens (including phenoxy) is 1. The Balaban J connectivity index is 2.35. The van der Waals surface area contributed by atoms with Gasteiger partial charge in [-0.15, -0.1) is 5.10 Å². The standard InChI is InChI=1S/C14H13N3O2/c1-8-3-5-11-14(16-17-15-11)13(8)10-7-9(19-2)4-6-12(10)18/h3-7,18H,1-2H3,(H,15,16,17). The average Bonchev–Trinajstić information content (AvgIpc) is 2.88. The maximum absolute atomic E-state index is 10.1. The maximum Gasteiger partial charge on any atom is 0.123 e. The smallest absolute Gasteiger partial charge is 0.123 e. The number of hydrogen-bond donors (Lipinski definition) is 2. The van der Waals surface area contributed by atoms with Crippen LogP contribution in [0.15, 0.2) is 30.3 Å². The van der Waals surface area contributed by atoms with Crippen LogP contribution in [0.5, 0.6) is 11.5 Å². The molecule has 0 spiro atoms. The first-order valence-electron chi connectivity index (χ1n) is 5.88. The van der Waals surface area contributed by atoms with E-state index in [0.29, 0.717) is 11.3 Å². The Morgan fingerprint density at radius 3 is 2.84 bits per heavy atom. The summed E-state index contributed by atoms with van der Waals surface area (Å²) in [4.78, 5) is 0. The number of aromatic amines is 1. The van der Waals surface area contributed by atoms with Gasteiger partial charge in [-0.05, 0) is 36.8 Å². The Labute approximate surface area is 109 Å². The molecule has 1 aromatic heterocycles. The van der Waals surface area contributed by atoms with E-state index in [4.69, 9.17) is 4.74 Å². The van der Waals surface area contributed by atoms with E-state index in [0.717, 1.165) is 22.2 Å². The number of H-pyrrole nitrogens is 1. The van der Waals surface area contributed by atoms with E-state index in [1.54, 1.807) is 25.3 Å². The normalized spacial score (nSPS) is 10.8. The number of benzene rings is 2. The molecule has 0 unspecified atom stereocenters. The fourth-order valence-corrected chi connectivity index (χ4v) is 2.20. The molecular formula is C14H13N3O2. The van der Waals surface area contributed by atoms with Crippen molar-refractivity contribution in [3.8, 4) is 22.6 Å². The molecule has 3 aromatic rings. The lowest BCUT2D eigenvalue weighted by molar-refractivity contribution is 0.412. The van der Waals surface area contributed by atoms with Crippen molar-refractivity contribution in [3.05, 3.63) is 35.9 Å². The molecule has 0 atom stereocenters. The number of phenols is 1. The third-order valence-electron chi connectivity index (χ3n) is 3.18. The molecule has 96 valence electrons. The van der Waals surface area contributed by atoms with E-state index < -0.39 is 0 Å². The van der Waals surface area contributed by atoms with E-state index in [-0.39, 0.29) is 5.75 Å². The van der Waals surface area contributed by atoms with Gasteiger partial charge in [0.25, 0.3) is 0 Å². The quantitative estimate of drug-likeness (QED) is 0.738. The van der Waals surface area contributed by atoms with Gasteiger partial charge in [-0.2, -0.15) is 0 Å². The van der Waals surface area contributed by atoms with Crippen LogP contribution in [0, 0.1) is 6.92 Å². The fraction of sp³-hybridized carbons (Fsp3) is 0.143. The highest BCUT2D eigenvalue weighted by atomic mass is 16.5. The zero-order valence-electron chi connectivity index (χ0n) is 10.6. The van der Waals surface area contributed by atoms with Gasteiger partial charge >= 0.3 is 0 Å². The number of hydrogen-bond acceptors (Lipinski definition) is 4. The lowest BCUT2D eigenvalue weighted by Gasteiger charge is -2.10. The van der Waals surface area contributed by atoms with Gasteiger partial charge < -0.3 is 9.84 Å². The molecule has 1 heterocycles. The molecule has 0 fully saturated rings. The van der Waals surface area contributed by atoms with E-state index in [9.17, 15) is 5.11 Å². The number of aromatic nitrogens is 3. The number of aryl methyl sites for hydroxylation is 1. The van der Waals surface area contributed by atoms with Crippen molar-refractivity contribution in [2.45, 2.75) is 6.92 Å². The van der Waals surface area contributed by atoms with Crippen molar-refractivity contribution < 1.29 is 9.84 Å². The summed E-state index contributed by atoms with van der Waals surface area (Å²) in [5, 5.41) is 20.8. The molecule has 5 nitrogen and oxygen atoms in total. The Morgan fingerprint density at radius 1 is 1.21 bits per heavy atom. The Bertz CT molecular complexity index is 750. The third-order valence-corrected chi connectivity index (χ3v) is 3.18. The van der Waals surface area contributed by atoms with Crippen LogP contribution in [-0.4, -0.2) is 27.6 Å². The molecule has 0 saturated heterocycles. The second-order valence-corrected chi connectivity index (χ2v) is 4.35. The first-order chi connectivity index (χ1) is 9.20. The van der Waals surface area contributed by atoms with Crippen molar-refractivity contribution in [1.82, 2.24) is 15.4 Å². The number of methoxy groups -OCH3 is 1. The van der Waals surface area contributed by atoms with Crippen LogP contribution in [0.3, 0.4) is 0 Å². The second-order valence-electron chi connectivity index (χ2n) is 4.35. The maximum atomic E-state index is 10.1. The molecule has 0 aliphatic heterocycles. The lowest BCUT2D eigenvalue weighted by atomic mass is 9.98. The molecule has 0 saturated carbocycles. The topological polar surface area (TPSA) is 71.0 Å². The minimum atomic E-state index is 0.194. The van der Waals surface area contributed by atoms with Crippen LogP contribution in [0.1, 0.15) is 5.56 Å². The second kappa shape index (κ2) is 4.28. The SMILES string of the molecule is COc1ccc(O)c(-c2c(C)ccc3[nH]nnc23)c1. The van der Waals surface area contributed by atoms with E-state index in [1.807, 2.05) is 19.1 Å². The highest BCUT2D eigenvalue weighted by Gasteiger charge is 2.14. The molecule has 0 bridgehead atoms. The van der Waals surface area contributed by atoms with Crippen LogP contribution >= 0.6 is 0 Å². The van der Waals surface area contributed by atoms with Gasteiger partial charge in [-0.25, -0.2) is 0 Å². The molecular weight excluding hydrogens is 242 g/mol. The Hall–Kier alpha value is -2.56. The van der Waals surface area contributed by atoms with Crippen molar-refractivity contribution in [2.75, 3.05) is 7.11 Å². The molecule has 0 aliphatic carbocycles. The summed E-state index contributed by atoms with van der Waals surface area (Å²) >= 11 is 0. The summed E-state index contributed by atoms with van der Waals surface area (Å²) in [7, 11) is 1.60. The largest absolute Gasteiger partial charge is 0.507 e. The number of fused-ring (bicyclic) bond motifs is 1. The molecule has 2 aromatic carbocycles. The number of nitrogens with one attached hydrogen (secondary N) is 1. The molecule has 19 heavy (non-hydrogen) atoms. The Kier molecular flexibility index (Phi) is 2.59. The zero-order chi connectivity index (χ0) is 13.4. The number of rotatable bonds is 2. The van der Waals surface area contributed by atoms with Crippen molar-refractivity contribution in [3.63, 3.8) is 0 Å². The van der Waals surface area contributed by atoms with Gasteiger partial charge in [0.2, 0.25) is 0 Å². The van der Waals surface area contributed by atoms with Crippen molar-refractivity contribution in [1.29, 1.82) is 0 Å². The molecule has 5 heteroatoms. The van der Waals surface area contributed by atoms with Crippen LogP contribution in [0.25, 0.3) is 22.2 Å². The number of aromatic hydroxyl groups is 1. The summed E-state index contributed by atoms with van der Waals surface area (Å²) in [6.45, 7) is 1.97. The van der Waals surface area contributed by atoms with Gasteiger partial charge in [0, 0.05) is 11.1 Å². The van der Waals surface area contributed by atoms with Gasteiger partial charge in [0.1, 0.15) is 17.0 Å². The zero-order valence-corrected chi connectivity index (χ0v) is 10.6. The van der Waals surface area contributed by atoms with Crippen LogP contribution in [-0.2, 0) is 0 Å². The number of phenolic OH excluding ortho intramolecular Hbond substituents is 1. The minimum Gasteiger partial charge on any atom is -0.507 e. The predicted molar refractivity (Wildman–Crippen MR) is 72.3 cm³/mol. The predicted octanol–water partition coefficient (Wildman–Crippen LogP) is 2.65. The van der Waals surface area contributed by atoms with E-state index in [1.165, 1.54) is 0 Å². The van der Waals surface area contributed by atoms with Gasteiger partial charge in [0.05, 0.1) is 12.6 Å². The van der Waals surface area contributed by atoms with E-state index >= 15 is 0 Å². The molecule has 0 radical (unpaired) electrons. The summed E-state index contributed by atoms with van der Waals surface area (Å²) in [6, 6.07) is 9.03. The fourth-order valence-electron chi connectivity index (χ4n) is 2.20. The average molecular weight is 255 g/mol. The highest BCUT2D eigenvalue weighted by molar-refractivity contribution is 5.95. The highest BCUT2D eigenvalue weighted by Crippen LogP contribution is 2.37. The Morgan fingerprint density at radius 2 is 2.05 bits per heavy atom. The summed E-state index contributed by atoms with van der Waals surface area (Å²) < 4.78 is 5.21. The van der Waals surface area contributed by atoms with Gasteiger partial charge in [0.15, 0.2) is 0 Å². The van der Waals surface area contributed by atoms with Crippen LogP contribution in [0.4, 0.5) is 0 Å². The van der Waals surface area contributed by atoms with Gasteiger partial charge in [-0.1, -0.05) is 11.3 Å². The summed E-state index contributed by atoms with van der Waals surface area (Å²) in [5.41, 5.74) is 4.15. The number of nitrogens with zero attached hydrogens (tertiary/aromatic N) is 2. The molecule has 0 amide bonds. The monoisotopic (exact) mass is 255 g/mol. The molecule has 3 rings (SSSR count). The minimum absolute atomic E-state index is 0.194. The first-order valence-corrected chi connectivity index (χ1v) is 5.88. The van der Waals surface area contributed by atoms with Crippen LogP contribution < -0.4 is 4.74 Å². The van der Waals surface area contributed by atoms with Crippen molar-refractivity contribution >= 4 is 11.0 Å². The first kappa shape index (κ1) is 11.5.